The summed E-state index contributed by atoms with van der Waals surface area (Å²) in [5.74, 6) is 1.71. The Morgan fingerprint density at radius 1 is 0.588 bits per heavy atom. The molecule has 0 spiro atoms. The molecule has 0 aromatic heterocycles. The molecule has 51 heavy (non-hydrogen) atoms. The number of nitrogens with zero attached hydrogens (tertiary/aromatic N) is 2. The molecular weight excluding hydrogens is 619 g/mol. The molecule has 1 unspecified atom stereocenters. The highest BCUT2D eigenvalue weighted by Gasteiger charge is 2.17. The highest BCUT2D eigenvalue weighted by Crippen LogP contribution is 2.37. The number of hydrogen-bond donors (Lipinski definition) is 1. The van der Waals surface area contributed by atoms with Crippen molar-refractivity contribution in [1.29, 1.82) is 0 Å². The monoisotopic (exact) mass is 657 g/mol. The Hall–Kier alpha value is -6.32. The topological polar surface area (TPSA) is 36.8 Å². The van der Waals surface area contributed by atoms with Crippen LogP contribution in [0.15, 0.2) is 192 Å². The predicted octanol–water partition coefficient (Wildman–Crippen LogP) is 11.7. The summed E-state index contributed by atoms with van der Waals surface area (Å²) < 4.78 is 0. The first-order valence-corrected chi connectivity index (χ1v) is 17.6. The molecule has 0 saturated heterocycles. The normalized spacial score (nSPS) is 14.6. The van der Waals surface area contributed by atoms with Crippen molar-refractivity contribution in [3.63, 3.8) is 0 Å². The number of hydrogen-bond acceptors (Lipinski definition) is 1. The van der Waals surface area contributed by atoms with Crippen molar-refractivity contribution >= 4 is 33.2 Å². The summed E-state index contributed by atoms with van der Waals surface area (Å²) in [4.78, 5) is 10.4. The summed E-state index contributed by atoms with van der Waals surface area (Å²) in [5, 5.41) is 8.43. The number of amidine groups is 2. The second-order valence-corrected chi connectivity index (χ2v) is 13.0. The van der Waals surface area contributed by atoms with Crippen molar-refractivity contribution in [3.05, 3.63) is 193 Å². The summed E-state index contributed by atoms with van der Waals surface area (Å²) >= 11 is 0. The van der Waals surface area contributed by atoms with E-state index in [9.17, 15) is 0 Å². The second-order valence-electron chi connectivity index (χ2n) is 13.0. The Morgan fingerprint density at radius 3 is 1.94 bits per heavy atom. The lowest BCUT2D eigenvalue weighted by molar-refractivity contribution is 0.843. The zero-order chi connectivity index (χ0) is 34.4. The minimum Gasteiger partial charge on any atom is -0.373 e. The van der Waals surface area contributed by atoms with Crippen LogP contribution in [0.2, 0.25) is 0 Å². The maximum absolute atomic E-state index is 5.31. The number of benzene rings is 7. The minimum atomic E-state index is 0.0969. The standard InChI is InChI=1S/C48H39N3/c1-49-47(51-48(38-19-9-4-10-20-38)50-33-34-15-5-2-6-16-34)42-30-40(37-27-25-36(26-28-37)35-17-7-3-8-18-35)29-41(31-42)46-32-39-21-11-12-22-43(39)44-23-13-14-24-45(44)46/h2-19,21-32,38H,20,33H2,1H3,(H,49,50,51). The molecule has 0 saturated carbocycles. The molecule has 3 heteroatoms. The molecule has 0 bridgehead atoms. The van der Waals surface area contributed by atoms with Crippen LogP contribution in [0.4, 0.5) is 0 Å². The molecule has 1 aliphatic rings. The van der Waals surface area contributed by atoms with E-state index >= 15 is 0 Å². The van der Waals surface area contributed by atoms with Gasteiger partial charge in [-0.05, 0) is 91.2 Å². The van der Waals surface area contributed by atoms with Crippen LogP contribution in [0.1, 0.15) is 17.5 Å². The van der Waals surface area contributed by atoms with E-state index in [0.717, 1.165) is 45.9 Å². The van der Waals surface area contributed by atoms with Crippen LogP contribution in [0.5, 0.6) is 0 Å². The van der Waals surface area contributed by atoms with Crippen molar-refractivity contribution in [1.82, 2.24) is 5.32 Å². The third-order valence-electron chi connectivity index (χ3n) is 9.65. The molecule has 0 radical (unpaired) electrons. The maximum Gasteiger partial charge on any atom is 0.135 e. The first-order valence-electron chi connectivity index (χ1n) is 17.6. The number of rotatable bonds is 7. The first-order chi connectivity index (χ1) is 25.2. The van der Waals surface area contributed by atoms with Crippen molar-refractivity contribution in [2.75, 3.05) is 7.05 Å². The van der Waals surface area contributed by atoms with Gasteiger partial charge in [0.15, 0.2) is 0 Å². The third kappa shape index (κ3) is 6.92. The van der Waals surface area contributed by atoms with Gasteiger partial charge in [0, 0.05) is 18.5 Å². The number of nitrogens with one attached hydrogen (secondary N) is 1. The van der Waals surface area contributed by atoms with Crippen LogP contribution >= 0.6 is 0 Å². The zero-order valence-electron chi connectivity index (χ0n) is 28.7. The lowest BCUT2D eigenvalue weighted by atomic mass is 9.90. The molecule has 1 atom stereocenters. The average molecular weight is 658 g/mol. The number of fused-ring (bicyclic) bond motifs is 3. The molecule has 0 aliphatic heterocycles. The van der Waals surface area contributed by atoms with Crippen molar-refractivity contribution < 1.29 is 0 Å². The third-order valence-corrected chi connectivity index (χ3v) is 9.65. The van der Waals surface area contributed by atoms with Gasteiger partial charge < -0.3 is 5.32 Å². The minimum absolute atomic E-state index is 0.0969. The maximum atomic E-state index is 5.31. The fraction of sp³-hybridized carbons (Fsp3) is 0.0833. The van der Waals surface area contributed by atoms with E-state index in [1.165, 1.54) is 38.2 Å². The van der Waals surface area contributed by atoms with Crippen molar-refractivity contribution in [3.8, 4) is 33.4 Å². The van der Waals surface area contributed by atoms with E-state index in [0.29, 0.717) is 6.54 Å². The summed E-state index contributed by atoms with van der Waals surface area (Å²) in [6.07, 6.45) is 9.47. The van der Waals surface area contributed by atoms with Crippen LogP contribution in [-0.2, 0) is 6.54 Å². The molecule has 0 amide bonds. The van der Waals surface area contributed by atoms with Gasteiger partial charge in [0.25, 0.3) is 0 Å². The smallest absolute Gasteiger partial charge is 0.135 e. The van der Waals surface area contributed by atoms with Crippen LogP contribution in [0.3, 0.4) is 0 Å². The van der Waals surface area contributed by atoms with Gasteiger partial charge in [0.1, 0.15) is 11.7 Å². The van der Waals surface area contributed by atoms with E-state index < -0.39 is 0 Å². The van der Waals surface area contributed by atoms with Crippen LogP contribution in [-0.4, -0.2) is 18.7 Å². The van der Waals surface area contributed by atoms with Crippen LogP contribution in [0, 0.1) is 5.92 Å². The summed E-state index contributed by atoms with van der Waals surface area (Å²) in [7, 11) is 1.96. The Balaban J connectivity index is 1.30. The molecule has 1 aliphatic carbocycles. The van der Waals surface area contributed by atoms with E-state index in [2.05, 4.69) is 181 Å². The average Bonchev–Trinajstić information content (AvgIpc) is 3.21. The highest BCUT2D eigenvalue weighted by molar-refractivity contribution is 6.15. The molecule has 8 rings (SSSR count). The van der Waals surface area contributed by atoms with E-state index in [1.807, 2.05) is 13.1 Å². The van der Waals surface area contributed by atoms with Crippen molar-refractivity contribution in [2.24, 2.45) is 15.9 Å². The van der Waals surface area contributed by atoms with Crippen molar-refractivity contribution in [2.45, 2.75) is 13.0 Å². The molecule has 7 aromatic carbocycles. The summed E-state index contributed by atoms with van der Waals surface area (Å²) in [6.45, 7) is 0.576. The zero-order valence-corrected chi connectivity index (χ0v) is 28.7. The van der Waals surface area contributed by atoms with Gasteiger partial charge in [-0.2, -0.15) is 0 Å². The Bertz CT molecular complexity index is 2440. The molecular formula is C48H39N3. The summed E-state index contributed by atoms with van der Waals surface area (Å²) in [5.41, 5.74) is 9.20. The fourth-order valence-corrected chi connectivity index (χ4v) is 7.01. The molecule has 246 valence electrons. The SMILES string of the molecule is CNC(=NC(=NCc1ccccc1)C1C=CC=CC1)c1cc(-c2ccc(-c3ccccc3)cc2)cc(-c2cc3ccccc3c3ccccc23)c1. The Labute approximate surface area is 300 Å². The van der Waals surface area contributed by atoms with Gasteiger partial charge in [-0.3, -0.25) is 4.99 Å². The Morgan fingerprint density at radius 2 is 1.22 bits per heavy atom. The Kier molecular flexibility index (Phi) is 9.17. The number of allylic oxidation sites excluding steroid dienone is 3. The van der Waals surface area contributed by atoms with Crippen LogP contribution < -0.4 is 5.32 Å². The summed E-state index contributed by atoms with van der Waals surface area (Å²) in [6, 6.07) is 56.4. The van der Waals surface area contributed by atoms with Gasteiger partial charge in [0.05, 0.1) is 6.54 Å². The van der Waals surface area contributed by atoms with Gasteiger partial charge in [-0.15, -0.1) is 0 Å². The van der Waals surface area contributed by atoms with E-state index in [-0.39, 0.29) is 5.92 Å². The predicted molar refractivity (Wildman–Crippen MR) is 217 cm³/mol. The molecule has 3 nitrogen and oxygen atoms in total. The second kappa shape index (κ2) is 14.7. The molecule has 1 N–H and O–H groups in total. The quantitative estimate of drug-likeness (QED) is 0.103. The van der Waals surface area contributed by atoms with E-state index in [1.54, 1.807) is 0 Å². The lowest BCUT2D eigenvalue weighted by Crippen LogP contribution is -2.24. The van der Waals surface area contributed by atoms with E-state index in [4.69, 9.17) is 9.98 Å². The highest BCUT2D eigenvalue weighted by atomic mass is 15.0. The van der Waals surface area contributed by atoms with Gasteiger partial charge >= 0.3 is 0 Å². The lowest BCUT2D eigenvalue weighted by Gasteiger charge is -2.17. The fourth-order valence-electron chi connectivity index (χ4n) is 7.01. The molecule has 0 fully saturated rings. The molecule has 0 heterocycles. The van der Waals surface area contributed by atoms with Gasteiger partial charge in [-0.1, -0.05) is 158 Å². The first kappa shape index (κ1) is 31.9. The molecule has 7 aromatic rings. The van der Waals surface area contributed by atoms with Crippen LogP contribution in [0.25, 0.3) is 54.9 Å². The largest absolute Gasteiger partial charge is 0.373 e. The number of aliphatic imine (C=N–C) groups is 2. The van der Waals surface area contributed by atoms with Gasteiger partial charge in [0.2, 0.25) is 0 Å². The van der Waals surface area contributed by atoms with Gasteiger partial charge in [-0.25, -0.2) is 4.99 Å².